The number of sulfonamides is 1. The van der Waals surface area contributed by atoms with Crippen LogP contribution in [0.1, 0.15) is 39.2 Å². The van der Waals surface area contributed by atoms with E-state index in [9.17, 15) is 18.0 Å². The molecule has 0 aliphatic rings. The van der Waals surface area contributed by atoms with Gasteiger partial charge in [0.25, 0.3) is 0 Å². The predicted octanol–water partition coefficient (Wildman–Crippen LogP) is 3.84. The van der Waals surface area contributed by atoms with Crippen LogP contribution in [0.2, 0.25) is 5.02 Å². The smallest absolute Gasteiger partial charge is 0.242 e. The lowest BCUT2D eigenvalue weighted by atomic mass is 10.1. The highest BCUT2D eigenvalue weighted by molar-refractivity contribution is 7.92. The average molecular weight is 524 g/mol. The molecule has 10 heteroatoms. The number of anilines is 1. The molecule has 0 bridgehead atoms. The second kappa shape index (κ2) is 12.8. The lowest BCUT2D eigenvalue weighted by molar-refractivity contribution is -0.140. The number of ether oxygens (including phenoxy) is 1. The molecule has 0 radical (unpaired) electrons. The fourth-order valence-corrected chi connectivity index (χ4v) is 4.63. The molecule has 2 amide bonds. The number of benzene rings is 2. The van der Waals surface area contributed by atoms with Crippen LogP contribution in [0.15, 0.2) is 48.5 Å². The molecule has 2 rings (SSSR count). The van der Waals surface area contributed by atoms with Crippen LogP contribution in [0.5, 0.6) is 5.75 Å². The zero-order valence-electron chi connectivity index (χ0n) is 20.8. The predicted molar refractivity (Wildman–Crippen MR) is 139 cm³/mol. The number of carbonyl (C=O) groups is 2. The number of hydrogen-bond donors (Lipinski definition) is 1. The maximum Gasteiger partial charge on any atom is 0.242 e. The lowest BCUT2D eigenvalue weighted by Crippen LogP contribution is -2.49. The normalized spacial score (nSPS) is 12.2. The molecule has 1 atom stereocenters. The van der Waals surface area contributed by atoms with Crippen molar-refractivity contribution < 1.29 is 22.7 Å². The molecule has 0 aliphatic carbocycles. The Morgan fingerprint density at radius 3 is 2.31 bits per heavy atom. The molecule has 0 saturated carbocycles. The van der Waals surface area contributed by atoms with E-state index < -0.39 is 16.1 Å². The van der Waals surface area contributed by atoms with Gasteiger partial charge in [-0.25, -0.2) is 8.42 Å². The number of amides is 2. The minimum Gasteiger partial charge on any atom is -0.497 e. The molecule has 0 aliphatic heterocycles. The van der Waals surface area contributed by atoms with Crippen molar-refractivity contribution in [2.75, 3.05) is 24.2 Å². The molecule has 0 fully saturated rings. The van der Waals surface area contributed by atoms with Crippen LogP contribution in [-0.2, 0) is 26.2 Å². The lowest BCUT2D eigenvalue weighted by Gasteiger charge is -2.30. The van der Waals surface area contributed by atoms with Crippen LogP contribution >= 0.6 is 11.6 Å². The van der Waals surface area contributed by atoms with Crippen LogP contribution in [0.25, 0.3) is 0 Å². The maximum absolute atomic E-state index is 13.2. The van der Waals surface area contributed by atoms with E-state index in [1.165, 1.54) is 16.3 Å². The molecule has 2 aromatic carbocycles. The number of rotatable bonds is 12. The fraction of sp³-hybridized carbons (Fsp3) is 0.440. The van der Waals surface area contributed by atoms with E-state index in [1.54, 1.807) is 43.3 Å². The Balaban J connectivity index is 2.17. The molecule has 192 valence electrons. The molecular formula is C25H34ClN3O5S. The second-order valence-corrected chi connectivity index (χ2v) is 11.0. The largest absolute Gasteiger partial charge is 0.497 e. The summed E-state index contributed by atoms with van der Waals surface area (Å²) in [5.41, 5.74) is 1.29. The standard InChI is InChI=1S/C25H34ClN3O5S/c1-18(2)27-25(31)19(3)28(17-20-11-13-21(26)14-12-20)24(30)10-7-15-29(35(5,32)33)22-8-6-9-23(16-22)34-4/h6,8-9,11-14,16,18-19H,7,10,15,17H2,1-5H3,(H,27,31)/t19-/m0/s1. The van der Waals surface area contributed by atoms with E-state index in [2.05, 4.69) is 5.32 Å². The molecule has 0 spiro atoms. The Labute approximate surface area is 213 Å². The van der Waals surface area contributed by atoms with Crippen molar-refractivity contribution in [3.8, 4) is 5.75 Å². The monoisotopic (exact) mass is 523 g/mol. The fourth-order valence-electron chi connectivity index (χ4n) is 3.54. The summed E-state index contributed by atoms with van der Waals surface area (Å²) in [5, 5.41) is 3.43. The van der Waals surface area contributed by atoms with Crippen molar-refractivity contribution in [1.29, 1.82) is 0 Å². The second-order valence-electron chi connectivity index (χ2n) is 8.63. The number of hydrogen-bond acceptors (Lipinski definition) is 5. The highest BCUT2D eigenvalue weighted by atomic mass is 35.5. The average Bonchev–Trinajstić information content (AvgIpc) is 2.79. The first-order valence-corrected chi connectivity index (χ1v) is 13.6. The molecule has 0 aromatic heterocycles. The Kier molecular flexibility index (Phi) is 10.4. The third kappa shape index (κ3) is 8.74. The number of nitrogens with zero attached hydrogens (tertiary/aromatic N) is 2. The third-order valence-electron chi connectivity index (χ3n) is 5.36. The molecule has 35 heavy (non-hydrogen) atoms. The van der Waals surface area contributed by atoms with Gasteiger partial charge in [-0.05, 0) is 57.0 Å². The van der Waals surface area contributed by atoms with E-state index >= 15 is 0 Å². The van der Waals surface area contributed by atoms with Gasteiger partial charge in [0.1, 0.15) is 11.8 Å². The van der Waals surface area contributed by atoms with E-state index in [-0.39, 0.29) is 43.8 Å². The summed E-state index contributed by atoms with van der Waals surface area (Å²) < 4.78 is 31.3. The van der Waals surface area contributed by atoms with Gasteiger partial charge in [-0.1, -0.05) is 29.8 Å². The van der Waals surface area contributed by atoms with E-state index in [1.807, 2.05) is 26.0 Å². The van der Waals surface area contributed by atoms with Gasteiger partial charge < -0.3 is 15.0 Å². The van der Waals surface area contributed by atoms with Gasteiger partial charge in [0.05, 0.1) is 19.1 Å². The maximum atomic E-state index is 13.2. The minimum absolute atomic E-state index is 0.0661. The Morgan fingerprint density at radius 2 is 1.74 bits per heavy atom. The summed E-state index contributed by atoms with van der Waals surface area (Å²) in [6.07, 6.45) is 1.47. The molecular weight excluding hydrogens is 490 g/mol. The van der Waals surface area contributed by atoms with Gasteiger partial charge in [0.15, 0.2) is 0 Å². The van der Waals surface area contributed by atoms with Gasteiger partial charge in [0.2, 0.25) is 21.8 Å². The summed E-state index contributed by atoms with van der Waals surface area (Å²) in [6.45, 7) is 5.74. The molecule has 0 saturated heterocycles. The third-order valence-corrected chi connectivity index (χ3v) is 6.80. The number of methoxy groups -OCH3 is 1. The van der Waals surface area contributed by atoms with Crippen LogP contribution in [0, 0.1) is 0 Å². The first-order chi connectivity index (χ1) is 16.4. The van der Waals surface area contributed by atoms with E-state index in [0.29, 0.717) is 16.5 Å². The zero-order valence-corrected chi connectivity index (χ0v) is 22.4. The topological polar surface area (TPSA) is 96.0 Å². The van der Waals surface area contributed by atoms with Crippen molar-refractivity contribution in [3.05, 3.63) is 59.1 Å². The van der Waals surface area contributed by atoms with Gasteiger partial charge in [0, 0.05) is 36.6 Å². The quantitative estimate of drug-likeness (QED) is 0.456. The number of halogens is 1. The zero-order chi connectivity index (χ0) is 26.2. The summed E-state index contributed by atoms with van der Waals surface area (Å²) in [5.74, 6) is 0.0354. The van der Waals surface area contributed by atoms with Crippen molar-refractivity contribution in [1.82, 2.24) is 10.2 Å². The van der Waals surface area contributed by atoms with E-state index in [0.717, 1.165) is 11.8 Å². The van der Waals surface area contributed by atoms with Crippen molar-refractivity contribution >= 4 is 39.1 Å². The SMILES string of the molecule is COc1cccc(N(CCCC(=O)N(Cc2ccc(Cl)cc2)[C@@H](C)C(=O)NC(C)C)S(C)(=O)=O)c1. The Morgan fingerprint density at radius 1 is 1.09 bits per heavy atom. The van der Waals surface area contributed by atoms with Crippen molar-refractivity contribution in [3.63, 3.8) is 0 Å². The van der Waals surface area contributed by atoms with Gasteiger partial charge >= 0.3 is 0 Å². The summed E-state index contributed by atoms with van der Waals surface area (Å²) in [7, 11) is -2.07. The molecule has 0 unspecified atom stereocenters. The highest BCUT2D eigenvalue weighted by Gasteiger charge is 2.27. The van der Waals surface area contributed by atoms with Crippen LogP contribution in [-0.4, -0.2) is 57.1 Å². The van der Waals surface area contributed by atoms with Crippen molar-refractivity contribution in [2.24, 2.45) is 0 Å². The summed E-state index contributed by atoms with van der Waals surface area (Å²) in [4.78, 5) is 27.4. The van der Waals surface area contributed by atoms with Crippen molar-refractivity contribution in [2.45, 2.75) is 52.2 Å². The molecule has 2 aromatic rings. The Hall–Kier alpha value is -2.78. The van der Waals surface area contributed by atoms with E-state index in [4.69, 9.17) is 16.3 Å². The van der Waals surface area contributed by atoms with Crippen LogP contribution in [0.3, 0.4) is 0 Å². The molecule has 0 heterocycles. The summed E-state index contributed by atoms with van der Waals surface area (Å²) in [6, 6.07) is 13.1. The highest BCUT2D eigenvalue weighted by Crippen LogP contribution is 2.24. The Bertz CT molecular complexity index is 1110. The van der Waals surface area contributed by atoms with Crippen LogP contribution in [0.4, 0.5) is 5.69 Å². The van der Waals surface area contributed by atoms with Crippen LogP contribution < -0.4 is 14.4 Å². The number of nitrogens with one attached hydrogen (secondary N) is 1. The molecule has 8 nitrogen and oxygen atoms in total. The first-order valence-electron chi connectivity index (χ1n) is 11.4. The van der Waals surface area contributed by atoms with Gasteiger partial charge in [-0.3, -0.25) is 13.9 Å². The van der Waals surface area contributed by atoms with Gasteiger partial charge in [-0.15, -0.1) is 0 Å². The number of carbonyl (C=O) groups excluding carboxylic acids is 2. The summed E-state index contributed by atoms with van der Waals surface area (Å²) >= 11 is 5.98. The minimum atomic E-state index is -3.58. The first kappa shape index (κ1) is 28.5. The molecule has 1 N–H and O–H groups in total. The van der Waals surface area contributed by atoms with Gasteiger partial charge in [-0.2, -0.15) is 0 Å².